The maximum atomic E-state index is 13.6. The van der Waals surface area contributed by atoms with Gasteiger partial charge in [-0.05, 0) is 25.0 Å². The molecular weight excluding hydrogens is 249 g/mol. The van der Waals surface area contributed by atoms with Crippen LogP contribution in [-0.4, -0.2) is 29.4 Å². The lowest BCUT2D eigenvalue weighted by atomic mass is 10.2. The summed E-state index contributed by atoms with van der Waals surface area (Å²) in [5.41, 5.74) is 0.330. The lowest BCUT2D eigenvalue weighted by molar-refractivity contribution is 0.120. The fourth-order valence-corrected chi connectivity index (χ4v) is 2.05. The van der Waals surface area contributed by atoms with E-state index in [0.717, 1.165) is 19.4 Å². The Bertz CT molecular complexity index is 552. The molecule has 1 aromatic heterocycles. The highest BCUT2D eigenvalue weighted by molar-refractivity contribution is 5.56. The summed E-state index contributed by atoms with van der Waals surface area (Å²) in [4.78, 5) is 4.12. The Morgan fingerprint density at radius 2 is 2.26 bits per heavy atom. The zero-order valence-corrected chi connectivity index (χ0v) is 10.3. The number of hydrogen-bond acceptors (Lipinski definition) is 5. The van der Waals surface area contributed by atoms with Crippen LogP contribution in [0.4, 0.5) is 10.4 Å². The molecule has 1 aromatic carbocycles. The second-order valence-corrected chi connectivity index (χ2v) is 4.42. The average Bonchev–Trinajstić information content (AvgIpc) is 3.08. The zero-order chi connectivity index (χ0) is 13.1. The van der Waals surface area contributed by atoms with Crippen molar-refractivity contribution in [2.24, 2.45) is 0 Å². The molecule has 1 fully saturated rings. The van der Waals surface area contributed by atoms with E-state index in [0.29, 0.717) is 12.1 Å². The van der Waals surface area contributed by atoms with Gasteiger partial charge in [-0.3, -0.25) is 0 Å². The summed E-state index contributed by atoms with van der Waals surface area (Å²) in [5, 5.41) is 6.77. The fourth-order valence-electron chi connectivity index (χ4n) is 2.05. The molecule has 1 aliphatic heterocycles. The molecule has 2 heterocycles. The van der Waals surface area contributed by atoms with E-state index in [1.54, 1.807) is 18.2 Å². The van der Waals surface area contributed by atoms with Crippen LogP contribution in [0, 0.1) is 5.82 Å². The Morgan fingerprint density at radius 1 is 1.37 bits per heavy atom. The van der Waals surface area contributed by atoms with Crippen molar-refractivity contribution < 1.29 is 13.7 Å². The van der Waals surface area contributed by atoms with Crippen molar-refractivity contribution in [2.75, 3.05) is 18.5 Å². The minimum Gasteiger partial charge on any atom is -0.376 e. The molecule has 0 bridgehead atoms. The van der Waals surface area contributed by atoms with Gasteiger partial charge in [-0.1, -0.05) is 17.3 Å². The third-order valence-electron chi connectivity index (χ3n) is 3.05. The first kappa shape index (κ1) is 12.1. The largest absolute Gasteiger partial charge is 0.376 e. The van der Waals surface area contributed by atoms with Crippen molar-refractivity contribution in [3.63, 3.8) is 0 Å². The molecule has 2 aromatic rings. The van der Waals surface area contributed by atoms with Gasteiger partial charge in [0, 0.05) is 13.2 Å². The Balaban J connectivity index is 1.67. The van der Waals surface area contributed by atoms with Crippen LogP contribution in [0.3, 0.4) is 0 Å². The fraction of sp³-hybridized carbons (Fsp3) is 0.385. The standard InChI is InChI=1S/C13H14FN3O2/c14-11-6-2-1-5-10(11)12-16-13(19-17-12)15-8-9-4-3-7-18-9/h1-2,5-6,9H,3-4,7-8H2,(H,15,16,17)/t9-/m1/s1. The van der Waals surface area contributed by atoms with Crippen LogP contribution >= 0.6 is 0 Å². The number of rotatable bonds is 4. The molecule has 1 N–H and O–H groups in total. The molecular formula is C13H14FN3O2. The molecule has 100 valence electrons. The second kappa shape index (κ2) is 5.36. The predicted molar refractivity (Wildman–Crippen MR) is 67.2 cm³/mol. The van der Waals surface area contributed by atoms with Gasteiger partial charge in [-0.25, -0.2) is 4.39 Å². The van der Waals surface area contributed by atoms with Crippen LogP contribution in [0.15, 0.2) is 28.8 Å². The number of benzene rings is 1. The second-order valence-electron chi connectivity index (χ2n) is 4.42. The maximum Gasteiger partial charge on any atom is 0.321 e. The first-order chi connectivity index (χ1) is 9.33. The van der Waals surface area contributed by atoms with E-state index in [1.165, 1.54) is 6.07 Å². The Labute approximate surface area is 109 Å². The van der Waals surface area contributed by atoms with Gasteiger partial charge in [0.05, 0.1) is 11.7 Å². The van der Waals surface area contributed by atoms with Crippen LogP contribution in [0.2, 0.25) is 0 Å². The normalized spacial score (nSPS) is 18.7. The number of hydrogen-bond donors (Lipinski definition) is 1. The van der Waals surface area contributed by atoms with E-state index in [1.807, 2.05) is 0 Å². The van der Waals surface area contributed by atoms with Gasteiger partial charge in [0.1, 0.15) is 5.82 Å². The topological polar surface area (TPSA) is 60.2 Å². The Hall–Kier alpha value is -1.95. The van der Waals surface area contributed by atoms with Gasteiger partial charge >= 0.3 is 6.01 Å². The van der Waals surface area contributed by atoms with Gasteiger partial charge < -0.3 is 14.6 Å². The number of nitrogens with one attached hydrogen (secondary N) is 1. The number of ether oxygens (including phenoxy) is 1. The summed E-state index contributed by atoms with van der Waals surface area (Å²) in [6.45, 7) is 1.43. The maximum absolute atomic E-state index is 13.6. The van der Waals surface area contributed by atoms with E-state index in [9.17, 15) is 4.39 Å². The lowest BCUT2D eigenvalue weighted by Gasteiger charge is -2.07. The smallest absolute Gasteiger partial charge is 0.321 e. The summed E-state index contributed by atoms with van der Waals surface area (Å²) < 4.78 is 24.1. The van der Waals surface area contributed by atoms with Crippen molar-refractivity contribution in [1.29, 1.82) is 0 Å². The van der Waals surface area contributed by atoms with Crippen molar-refractivity contribution >= 4 is 6.01 Å². The van der Waals surface area contributed by atoms with Gasteiger partial charge in [0.15, 0.2) is 0 Å². The van der Waals surface area contributed by atoms with Gasteiger partial charge in [-0.2, -0.15) is 4.98 Å². The van der Waals surface area contributed by atoms with Crippen molar-refractivity contribution in [3.05, 3.63) is 30.1 Å². The molecule has 0 spiro atoms. The molecule has 1 aliphatic rings. The molecule has 3 rings (SSSR count). The van der Waals surface area contributed by atoms with Crippen LogP contribution in [0.5, 0.6) is 0 Å². The van der Waals surface area contributed by atoms with Gasteiger partial charge in [0.25, 0.3) is 0 Å². The first-order valence-corrected chi connectivity index (χ1v) is 6.27. The van der Waals surface area contributed by atoms with Crippen LogP contribution in [-0.2, 0) is 4.74 Å². The first-order valence-electron chi connectivity index (χ1n) is 6.27. The van der Waals surface area contributed by atoms with Gasteiger partial charge in [-0.15, -0.1) is 0 Å². The molecule has 0 radical (unpaired) electrons. The molecule has 0 amide bonds. The molecule has 0 aliphatic carbocycles. The highest BCUT2D eigenvalue weighted by atomic mass is 19.1. The summed E-state index contributed by atoms with van der Waals surface area (Å²) in [6, 6.07) is 6.62. The number of aromatic nitrogens is 2. The Morgan fingerprint density at radius 3 is 3.05 bits per heavy atom. The molecule has 19 heavy (non-hydrogen) atoms. The van der Waals surface area contributed by atoms with Crippen molar-refractivity contribution in [3.8, 4) is 11.4 Å². The van der Waals surface area contributed by atoms with Gasteiger partial charge in [0.2, 0.25) is 5.82 Å². The Kier molecular flexibility index (Phi) is 3.41. The highest BCUT2D eigenvalue weighted by Crippen LogP contribution is 2.21. The SMILES string of the molecule is Fc1ccccc1-c1noc(NC[C@H]2CCCO2)n1. The van der Waals surface area contributed by atoms with E-state index in [4.69, 9.17) is 9.26 Å². The minimum atomic E-state index is -0.367. The summed E-state index contributed by atoms with van der Waals surface area (Å²) >= 11 is 0. The summed E-state index contributed by atoms with van der Waals surface area (Å²) in [6.07, 6.45) is 2.29. The summed E-state index contributed by atoms with van der Waals surface area (Å²) in [5.74, 6) is -0.123. The van der Waals surface area contributed by atoms with E-state index >= 15 is 0 Å². The third-order valence-corrected chi connectivity index (χ3v) is 3.05. The lowest BCUT2D eigenvalue weighted by Crippen LogP contribution is -2.18. The molecule has 0 unspecified atom stereocenters. The quantitative estimate of drug-likeness (QED) is 0.918. The van der Waals surface area contributed by atoms with Crippen molar-refractivity contribution in [1.82, 2.24) is 10.1 Å². The van der Waals surface area contributed by atoms with E-state index in [2.05, 4.69) is 15.5 Å². The predicted octanol–water partition coefficient (Wildman–Crippen LogP) is 2.47. The molecule has 1 atom stereocenters. The van der Waals surface area contributed by atoms with Crippen LogP contribution < -0.4 is 5.32 Å². The number of anilines is 1. The zero-order valence-electron chi connectivity index (χ0n) is 10.3. The molecule has 6 heteroatoms. The van der Waals surface area contributed by atoms with Crippen LogP contribution in [0.25, 0.3) is 11.4 Å². The average molecular weight is 263 g/mol. The van der Waals surface area contributed by atoms with Crippen molar-refractivity contribution in [2.45, 2.75) is 18.9 Å². The monoisotopic (exact) mass is 263 g/mol. The third kappa shape index (κ3) is 2.73. The molecule has 0 saturated carbocycles. The van der Waals surface area contributed by atoms with E-state index < -0.39 is 0 Å². The van der Waals surface area contributed by atoms with E-state index in [-0.39, 0.29) is 23.8 Å². The molecule has 5 nitrogen and oxygen atoms in total. The minimum absolute atomic E-state index is 0.184. The number of halogens is 1. The molecule has 1 saturated heterocycles. The van der Waals surface area contributed by atoms with Crippen LogP contribution in [0.1, 0.15) is 12.8 Å². The number of nitrogens with zero attached hydrogens (tertiary/aromatic N) is 2. The highest BCUT2D eigenvalue weighted by Gasteiger charge is 2.17. The summed E-state index contributed by atoms with van der Waals surface area (Å²) in [7, 11) is 0.